The van der Waals surface area contributed by atoms with Crippen LogP contribution in [0.3, 0.4) is 0 Å². The van der Waals surface area contributed by atoms with E-state index in [1.165, 1.54) is 54.7 Å². The Hall–Kier alpha value is -4.30. The minimum absolute atomic E-state index is 1.06. The molecule has 0 unspecified atom stereocenters. The van der Waals surface area contributed by atoms with Crippen LogP contribution in [0, 0.1) is 0 Å². The Labute approximate surface area is 192 Å². The molecule has 158 valence electrons. The third-order valence-electron chi connectivity index (χ3n) is 6.44. The number of para-hydroxylation sites is 2. The lowest BCUT2D eigenvalue weighted by Crippen LogP contribution is -1.93. The number of hydrogen-bond acceptors (Lipinski definition) is 0. The molecule has 2 aromatic heterocycles. The van der Waals surface area contributed by atoms with E-state index in [0.717, 1.165) is 5.70 Å². The van der Waals surface area contributed by atoms with Gasteiger partial charge in [-0.1, -0.05) is 67.3 Å². The second kappa shape index (κ2) is 7.68. The maximum Gasteiger partial charge on any atom is 0.0541 e. The Morgan fingerprint density at radius 3 is 2.21 bits per heavy atom. The van der Waals surface area contributed by atoms with E-state index in [9.17, 15) is 0 Å². The Kier molecular flexibility index (Phi) is 4.51. The van der Waals surface area contributed by atoms with Crippen molar-refractivity contribution in [3.8, 4) is 11.1 Å². The number of nitrogens with one attached hydrogen (secondary N) is 1. The smallest absolute Gasteiger partial charge is 0.0541 e. The van der Waals surface area contributed by atoms with Crippen LogP contribution in [0.25, 0.3) is 60.4 Å². The fourth-order valence-electron chi connectivity index (χ4n) is 4.89. The van der Waals surface area contributed by atoms with Crippen LogP contribution in [0.1, 0.15) is 6.92 Å². The van der Waals surface area contributed by atoms with E-state index in [2.05, 4.69) is 113 Å². The SMILES string of the molecule is C=C/C(=C\C=C/C)n1c2ccccc2c2cc(-c3ccc4[nH]c5ccccc5c4c3)ccc21. The second-order valence-electron chi connectivity index (χ2n) is 8.34. The molecule has 6 rings (SSSR count). The van der Waals surface area contributed by atoms with Gasteiger partial charge in [0.2, 0.25) is 0 Å². The minimum atomic E-state index is 1.06. The van der Waals surface area contributed by atoms with Gasteiger partial charge in [-0.15, -0.1) is 0 Å². The lowest BCUT2D eigenvalue weighted by molar-refractivity contribution is 1.24. The molecule has 0 saturated carbocycles. The van der Waals surface area contributed by atoms with Crippen molar-refractivity contribution in [2.24, 2.45) is 0 Å². The predicted molar refractivity (Wildman–Crippen MR) is 144 cm³/mol. The highest BCUT2D eigenvalue weighted by Crippen LogP contribution is 2.36. The van der Waals surface area contributed by atoms with E-state index in [0.29, 0.717) is 0 Å². The highest BCUT2D eigenvalue weighted by molar-refractivity contribution is 6.12. The van der Waals surface area contributed by atoms with Crippen molar-refractivity contribution in [3.63, 3.8) is 0 Å². The highest BCUT2D eigenvalue weighted by atomic mass is 15.0. The summed E-state index contributed by atoms with van der Waals surface area (Å²) < 4.78 is 2.30. The van der Waals surface area contributed by atoms with Gasteiger partial charge in [-0.05, 0) is 66.6 Å². The summed E-state index contributed by atoms with van der Waals surface area (Å²) in [6.07, 6.45) is 8.13. The van der Waals surface area contributed by atoms with Gasteiger partial charge in [-0.2, -0.15) is 0 Å². The van der Waals surface area contributed by atoms with Crippen LogP contribution in [0.2, 0.25) is 0 Å². The average Bonchev–Trinajstić information content (AvgIpc) is 3.40. The van der Waals surface area contributed by atoms with Crippen molar-refractivity contribution < 1.29 is 0 Å². The number of fused-ring (bicyclic) bond motifs is 6. The Morgan fingerprint density at radius 2 is 1.39 bits per heavy atom. The molecule has 1 N–H and O–H groups in total. The first-order chi connectivity index (χ1) is 16.3. The number of H-pyrrole nitrogens is 1. The van der Waals surface area contributed by atoms with Crippen molar-refractivity contribution in [2.75, 3.05) is 0 Å². The molecular weight excluding hydrogens is 400 g/mol. The van der Waals surface area contributed by atoms with Gasteiger partial charge in [-0.25, -0.2) is 0 Å². The summed E-state index contributed by atoms with van der Waals surface area (Å²) in [6, 6.07) is 30.6. The first-order valence-electron chi connectivity index (χ1n) is 11.3. The molecule has 0 spiro atoms. The molecule has 0 aliphatic carbocycles. The largest absolute Gasteiger partial charge is 0.355 e. The third-order valence-corrected chi connectivity index (χ3v) is 6.44. The third kappa shape index (κ3) is 3.03. The quantitative estimate of drug-likeness (QED) is 0.273. The summed E-state index contributed by atoms with van der Waals surface area (Å²) in [7, 11) is 0. The molecule has 2 nitrogen and oxygen atoms in total. The van der Waals surface area contributed by atoms with E-state index in [1.54, 1.807) is 0 Å². The van der Waals surface area contributed by atoms with Crippen molar-refractivity contribution in [3.05, 3.63) is 116 Å². The number of hydrogen-bond donors (Lipinski definition) is 1. The number of allylic oxidation sites excluding steroid dienone is 5. The summed E-state index contributed by atoms with van der Waals surface area (Å²) in [6.45, 7) is 6.10. The lowest BCUT2D eigenvalue weighted by Gasteiger charge is -2.09. The molecule has 0 atom stereocenters. The monoisotopic (exact) mass is 424 g/mol. The fourth-order valence-corrected chi connectivity index (χ4v) is 4.89. The number of rotatable bonds is 4. The standard InChI is InChI=1S/C31H24N2/c1-3-5-10-23(4-2)33-30-14-9-7-12-25(30)27-20-22(16-18-31(27)33)21-15-17-29-26(19-21)24-11-6-8-13-28(24)32-29/h3-20,32H,2H2,1H3/b5-3-,23-10+. The molecule has 6 aromatic rings. The van der Waals surface area contributed by atoms with Crippen LogP contribution in [-0.4, -0.2) is 9.55 Å². The van der Waals surface area contributed by atoms with E-state index in [4.69, 9.17) is 0 Å². The van der Waals surface area contributed by atoms with Crippen LogP contribution < -0.4 is 0 Å². The Morgan fingerprint density at radius 1 is 0.727 bits per heavy atom. The van der Waals surface area contributed by atoms with Gasteiger partial charge in [0.25, 0.3) is 0 Å². The molecule has 33 heavy (non-hydrogen) atoms. The van der Waals surface area contributed by atoms with Gasteiger partial charge in [0.15, 0.2) is 0 Å². The van der Waals surface area contributed by atoms with Crippen molar-refractivity contribution in [2.45, 2.75) is 6.92 Å². The molecule has 0 aliphatic rings. The molecule has 0 fully saturated rings. The van der Waals surface area contributed by atoms with Crippen molar-refractivity contribution in [1.82, 2.24) is 9.55 Å². The highest BCUT2D eigenvalue weighted by Gasteiger charge is 2.13. The second-order valence-corrected chi connectivity index (χ2v) is 8.34. The van der Waals surface area contributed by atoms with Gasteiger partial charge in [-0.3, -0.25) is 0 Å². The molecule has 2 heterocycles. The Bertz CT molecular complexity index is 1740. The van der Waals surface area contributed by atoms with Crippen molar-refractivity contribution >= 4 is 49.3 Å². The van der Waals surface area contributed by atoms with Gasteiger partial charge < -0.3 is 9.55 Å². The van der Waals surface area contributed by atoms with Crippen LogP contribution in [0.15, 0.2) is 116 Å². The van der Waals surface area contributed by atoms with E-state index >= 15 is 0 Å². The van der Waals surface area contributed by atoms with Gasteiger partial charge in [0, 0.05) is 38.3 Å². The summed E-state index contributed by atoms with van der Waals surface area (Å²) in [5, 5.41) is 5.01. The molecule has 0 amide bonds. The normalized spacial score (nSPS) is 12.6. The van der Waals surface area contributed by atoms with Gasteiger partial charge in [0.05, 0.1) is 11.0 Å². The topological polar surface area (TPSA) is 20.7 Å². The molecular formula is C31H24N2. The van der Waals surface area contributed by atoms with Crippen molar-refractivity contribution in [1.29, 1.82) is 0 Å². The molecule has 0 aliphatic heterocycles. The minimum Gasteiger partial charge on any atom is -0.355 e. The van der Waals surface area contributed by atoms with Gasteiger partial charge >= 0.3 is 0 Å². The van der Waals surface area contributed by atoms with E-state index in [1.807, 2.05) is 19.1 Å². The van der Waals surface area contributed by atoms with E-state index < -0.39 is 0 Å². The number of aromatic amines is 1. The summed E-state index contributed by atoms with van der Waals surface area (Å²) in [5.74, 6) is 0. The predicted octanol–water partition coefficient (Wildman–Crippen LogP) is 8.70. The molecule has 0 bridgehead atoms. The molecule has 2 heteroatoms. The Balaban J connectivity index is 1.60. The first kappa shape index (κ1) is 19.4. The maximum atomic E-state index is 4.07. The van der Waals surface area contributed by atoms with Crippen LogP contribution >= 0.6 is 0 Å². The van der Waals surface area contributed by atoms with Crippen LogP contribution in [0.4, 0.5) is 0 Å². The average molecular weight is 425 g/mol. The number of aromatic nitrogens is 2. The zero-order valence-electron chi connectivity index (χ0n) is 18.5. The fraction of sp³-hybridized carbons (Fsp3) is 0.0323. The zero-order valence-corrected chi connectivity index (χ0v) is 18.5. The van der Waals surface area contributed by atoms with Crippen LogP contribution in [0.5, 0.6) is 0 Å². The van der Waals surface area contributed by atoms with Gasteiger partial charge in [0.1, 0.15) is 0 Å². The molecule has 0 radical (unpaired) electrons. The zero-order chi connectivity index (χ0) is 22.4. The molecule has 0 saturated heterocycles. The lowest BCUT2D eigenvalue weighted by atomic mass is 10.0. The summed E-state index contributed by atoms with van der Waals surface area (Å²) >= 11 is 0. The van der Waals surface area contributed by atoms with Crippen LogP contribution in [-0.2, 0) is 0 Å². The summed E-state index contributed by atoms with van der Waals surface area (Å²) in [5.41, 5.74) is 8.22. The number of nitrogens with zero attached hydrogens (tertiary/aromatic N) is 1. The van der Waals surface area contributed by atoms with E-state index in [-0.39, 0.29) is 0 Å². The summed E-state index contributed by atoms with van der Waals surface area (Å²) in [4.78, 5) is 3.52. The number of benzene rings is 4. The molecule has 4 aromatic carbocycles. The first-order valence-corrected chi connectivity index (χ1v) is 11.3. The maximum absolute atomic E-state index is 4.07.